The van der Waals surface area contributed by atoms with E-state index in [2.05, 4.69) is 55.5 Å². The van der Waals surface area contributed by atoms with Crippen LogP contribution in [0, 0.1) is 12.1 Å². The zero-order valence-electron chi connectivity index (χ0n) is 12.1. The molecule has 0 heteroatoms. The molecule has 0 amide bonds. The van der Waals surface area contributed by atoms with Crippen LogP contribution in [0.2, 0.25) is 0 Å². The molecule has 100 valence electrons. The van der Waals surface area contributed by atoms with Crippen molar-refractivity contribution < 1.29 is 0 Å². The summed E-state index contributed by atoms with van der Waals surface area (Å²) >= 11 is 0. The first kappa shape index (κ1) is 13.0. The molecule has 3 rings (SSSR count). The van der Waals surface area contributed by atoms with Gasteiger partial charge in [-0.2, -0.15) is 0 Å². The van der Waals surface area contributed by atoms with Gasteiger partial charge in [0.05, 0.1) is 0 Å². The SMILES string of the molecule is CCCCCc1cc2c(c3ccc#cc13)C=CCC=C2. The van der Waals surface area contributed by atoms with Crippen LogP contribution in [-0.2, 0) is 6.42 Å². The number of rotatable bonds is 4. The summed E-state index contributed by atoms with van der Waals surface area (Å²) in [5.74, 6) is 0. The Hall–Kier alpha value is -2.00. The van der Waals surface area contributed by atoms with Crippen LogP contribution in [0.3, 0.4) is 0 Å². The van der Waals surface area contributed by atoms with Crippen LogP contribution in [0.15, 0.2) is 30.4 Å². The van der Waals surface area contributed by atoms with Crippen LogP contribution in [0.1, 0.15) is 49.3 Å². The first-order valence-electron chi connectivity index (χ1n) is 7.61. The van der Waals surface area contributed by atoms with Crippen molar-refractivity contribution in [3.63, 3.8) is 0 Å². The highest BCUT2D eigenvalue weighted by Crippen LogP contribution is 2.29. The largest absolute Gasteiger partial charge is 0.0801 e. The van der Waals surface area contributed by atoms with E-state index in [1.54, 1.807) is 0 Å². The zero-order valence-corrected chi connectivity index (χ0v) is 12.1. The van der Waals surface area contributed by atoms with E-state index in [1.807, 2.05) is 6.07 Å². The summed E-state index contributed by atoms with van der Waals surface area (Å²) in [6.07, 6.45) is 15.0. The monoisotopic (exact) mass is 260 g/mol. The summed E-state index contributed by atoms with van der Waals surface area (Å²) in [6.45, 7) is 2.25. The van der Waals surface area contributed by atoms with Gasteiger partial charge in [-0.1, -0.05) is 56.2 Å². The van der Waals surface area contributed by atoms with E-state index >= 15 is 0 Å². The van der Waals surface area contributed by atoms with Gasteiger partial charge in [-0.05, 0) is 59.5 Å². The molecule has 0 bridgehead atoms. The number of fused-ring (bicyclic) bond motifs is 3. The molecule has 0 nitrogen and oxygen atoms in total. The average Bonchev–Trinajstić information content (AvgIpc) is 2.73. The van der Waals surface area contributed by atoms with Crippen molar-refractivity contribution >= 4 is 22.9 Å². The lowest BCUT2D eigenvalue weighted by Gasteiger charge is -2.11. The summed E-state index contributed by atoms with van der Waals surface area (Å²) in [5.41, 5.74) is 4.10. The van der Waals surface area contributed by atoms with E-state index in [9.17, 15) is 0 Å². The van der Waals surface area contributed by atoms with Gasteiger partial charge in [-0.15, -0.1) is 0 Å². The zero-order chi connectivity index (χ0) is 13.8. The summed E-state index contributed by atoms with van der Waals surface area (Å²) in [5, 5.41) is 2.57. The molecule has 1 aliphatic rings. The number of unbranched alkanes of at least 4 members (excludes halogenated alkanes) is 2. The fraction of sp³-hybridized carbons (Fsp3) is 0.300. The normalized spacial score (nSPS) is 13.1. The highest BCUT2D eigenvalue weighted by atomic mass is 14.1. The van der Waals surface area contributed by atoms with E-state index < -0.39 is 0 Å². The Balaban J connectivity index is 2.13. The smallest absolute Gasteiger partial charge is 0.0359 e. The van der Waals surface area contributed by atoms with Crippen molar-refractivity contribution in [2.45, 2.75) is 39.0 Å². The van der Waals surface area contributed by atoms with Crippen LogP contribution in [0.5, 0.6) is 0 Å². The molecule has 0 heterocycles. The van der Waals surface area contributed by atoms with Gasteiger partial charge in [-0.25, -0.2) is 0 Å². The summed E-state index contributed by atoms with van der Waals surface area (Å²) in [6, 6.07) is 13.0. The van der Waals surface area contributed by atoms with Crippen molar-refractivity contribution in [2.75, 3.05) is 0 Å². The van der Waals surface area contributed by atoms with Crippen LogP contribution in [-0.4, -0.2) is 0 Å². The Morgan fingerprint density at radius 1 is 1.15 bits per heavy atom. The van der Waals surface area contributed by atoms with Crippen molar-refractivity contribution in [3.05, 3.63) is 59.2 Å². The van der Waals surface area contributed by atoms with Crippen LogP contribution in [0.4, 0.5) is 0 Å². The predicted octanol–water partition coefficient (Wildman–Crippen LogP) is 5.60. The molecule has 0 aromatic heterocycles. The maximum Gasteiger partial charge on any atom is 0.0359 e. The van der Waals surface area contributed by atoms with Gasteiger partial charge in [0.25, 0.3) is 0 Å². The second-order valence-corrected chi connectivity index (χ2v) is 5.43. The molecule has 1 aliphatic carbocycles. The van der Waals surface area contributed by atoms with Crippen LogP contribution in [0.25, 0.3) is 22.9 Å². The first-order chi connectivity index (χ1) is 9.90. The molecule has 0 radical (unpaired) electrons. The summed E-state index contributed by atoms with van der Waals surface area (Å²) in [7, 11) is 0. The lowest BCUT2D eigenvalue weighted by Crippen LogP contribution is -1.92. The van der Waals surface area contributed by atoms with Gasteiger partial charge in [0.2, 0.25) is 0 Å². The molecule has 0 saturated heterocycles. The standard InChI is InChI=1S/C20H20/c1-2-3-5-10-16-15-17-11-6-4-7-12-18(17)20-14-9-8-13-19(16)20/h6-7,9,11-12,14-15H,2-5,10H2,1H3. The van der Waals surface area contributed by atoms with Gasteiger partial charge in [0.15, 0.2) is 0 Å². The Kier molecular flexibility index (Phi) is 3.88. The van der Waals surface area contributed by atoms with Gasteiger partial charge in [0.1, 0.15) is 0 Å². The van der Waals surface area contributed by atoms with Crippen molar-refractivity contribution in [3.8, 4) is 0 Å². The Labute approximate surface area is 121 Å². The van der Waals surface area contributed by atoms with Crippen LogP contribution < -0.4 is 0 Å². The summed E-state index contributed by atoms with van der Waals surface area (Å²) in [4.78, 5) is 0. The highest BCUT2D eigenvalue weighted by molar-refractivity contribution is 5.95. The van der Waals surface area contributed by atoms with Crippen LogP contribution >= 0.6 is 0 Å². The highest BCUT2D eigenvalue weighted by Gasteiger charge is 2.09. The number of hydrogen-bond donors (Lipinski definition) is 0. The topological polar surface area (TPSA) is 0 Å². The molecule has 0 fully saturated rings. The molecule has 0 unspecified atom stereocenters. The maximum atomic E-state index is 3.33. The summed E-state index contributed by atoms with van der Waals surface area (Å²) < 4.78 is 0. The Morgan fingerprint density at radius 2 is 2.05 bits per heavy atom. The molecule has 0 spiro atoms. The van der Waals surface area contributed by atoms with Gasteiger partial charge < -0.3 is 0 Å². The third-order valence-electron chi connectivity index (χ3n) is 3.96. The van der Waals surface area contributed by atoms with E-state index in [-0.39, 0.29) is 0 Å². The number of aryl methyl sites for hydroxylation is 1. The molecule has 0 saturated carbocycles. The second-order valence-electron chi connectivity index (χ2n) is 5.43. The van der Waals surface area contributed by atoms with E-state index in [0.29, 0.717) is 0 Å². The van der Waals surface area contributed by atoms with Gasteiger partial charge in [0, 0.05) is 5.39 Å². The lowest BCUT2D eigenvalue weighted by atomic mass is 9.93. The fourth-order valence-electron chi connectivity index (χ4n) is 2.91. The number of allylic oxidation sites excluding steroid dienone is 2. The Morgan fingerprint density at radius 3 is 2.95 bits per heavy atom. The molecular weight excluding hydrogens is 240 g/mol. The first-order valence-corrected chi connectivity index (χ1v) is 7.61. The number of benzene rings is 1. The Bertz CT molecular complexity index is 659. The lowest BCUT2D eigenvalue weighted by molar-refractivity contribution is 0.719. The second kappa shape index (κ2) is 5.97. The quantitative estimate of drug-likeness (QED) is 0.627. The van der Waals surface area contributed by atoms with E-state index in [4.69, 9.17) is 0 Å². The molecular formula is C20H20. The molecule has 20 heavy (non-hydrogen) atoms. The van der Waals surface area contributed by atoms with E-state index in [0.717, 1.165) is 12.8 Å². The third kappa shape index (κ3) is 2.49. The number of hydrogen-bond acceptors (Lipinski definition) is 0. The van der Waals surface area contributed by atoms with Gasteiger partial charge in [-0.3, -0.25) is 0 Å². The molecule has 2 aromatic rings. The average molecular weight is 260 g/mol. The third-order valence-corrected chi connectivity index (χ3v) is 3.96. The minimum atomic E-state index is 1.02. The van der Waals surface area contributed by atoms with Crippen molar-refractivity contribution in [1.29, 1.82) is 0 Å². The molecule has 0 N–H and O–H groups in total. The van der Waals surface area contributed by atoms with Crippen molar-refractivity contribution in [1.82, 2.24) is 0 Å². The van der Waals surface area contributed by atoms with Gasteiger partial charge >= 0.3 is 0 Å². The molecule has 2 aromatic carbocycles. The van der Waals surface area contributed by atoms with E-state index in [1.165, 1.54) is 46.7 Å². The predicted molar refractivity (Wildman–Crippen MR) is 87.5 cm³/mol. The minimum Gasteiger partial charge on any atom is -0.0801 e. The maximum absolute atomic E-state index is 3.33. The fourth-order valence-corrected chi connectivity index (χ4v) is 2.91. The minimum absolute atomic E-state index is 1.02. The molecule has 0 atom stereocenters. The van der Waals surface area contributed by atoms with Crippen molar-refractivity contribution in [2.24, 2.45) is 0 Å². The molecule has 0 aliphatic heterocycles.